The molecule has 0 nitrogen and oxygen atoms in total. The Labute approximate surface area is 88.7 Å². The zero-order valence-corrected chi connectivity index (χ0v) is 10.7. The van der Waals surface area contributed by atoms with Crippen molar-refractivity contribution in [3.63, 3.8) is 0 Å². The number of benzene rings is 1. The molecule has 14 heavy (non-hydrogen) atoms. The second kappa shape index (κ2) is 4.14. The van der Waals surface area contributed by atoms with Crippen LogP contribution in [0.4, 0.5) is 0 Å². The third-order valence-corrected chi connectivity index (χ3v) is 7.82. The fraction of sp³-hybridized carbons (Fsp3) is 0.385. The summed E-state index contributed by atoms with van der Waals surface area (Å²) < 4.78 is 0. The standard InChI is InChI=1S/C13H20Si/c1-11(2)12(3)14(4,5)13-9-7-6-8-10-13/h6-10,12H,1H2,2-5H3. The molecule has 0 saturated carbocycles. The van der Waals surface area contributed by atoms with Crippen LogP contribution in [0.5, 0.6) is 0 Å². The van der Waals surface area contributed by atoms with Crippen LogP contribution in [0.2, 0.25) is 18.6 Å². The predicted molar refractivity (Wildman–Crippen MR) is 67.8 cm³/mol. The lowest BCUT2D eigenvalue weighted by atomic mass is 10.3. The first kappa shape index (κ1) is 11.3. The molecule has 0 heterocycles. The van der Waals surface area contributed by atoms with Crippen molar-refractivity contribution in [2.75, 3.05) is 0 Å². The molecule has 0 aromatic heterocycles. The Morgan fingerprint density at radius 3 is 2.14 bits per heavy atom. The van der Waals surface area contributed by atoms with Gasteiger partial charge in [-0.1, -0.05) is 61.1 Å². The van der Waals surface area contributed by atoms with E-state index in [1.165, 1.54) is 10.8 Å². The maximum atomic E-state index is 4.08. The summed E-state index contributed by atoms with van der Waals surface area (Å²) in [4.78, 5) is 0. The number of rotatable bonds is 3. The minimum absolute atomic E-state index is 0.643. The van der Waals surface area contributed by atoms with E-state index in [1.807, 2.05) is 0 Å². The van der Waals surface area contributed by atoms with E-state index in [0.717, 1.165) is 0 Å². The largest absolute Gasteiger partial charge is 0.100 e. The Balaban J connectivity index is 3.02. The van der Waals surface area contributed by atoms with E-state index in [4.69, 9.17) is 0 Å². The average Bonchev–Trinajstić information content (AvgIpc) is 2.18. The third kappa shape index (κ3) is 2.15. The topological polar surface area (TPSA) is 0 Å². The molecule has 0 radical (unpaired) electrons. The predicted octanol–water partition coefficient (Wildman–Crippen LogP) is 3.57. The molecule has 1 heteroatoms. The van der Waals surface area contributed by atoms with Crippen LogP contribution < -0.4 is 5.19 Å². The normalized spacial score (nSPS) is 13.7. The zero-order valence-electron chi connectivity index (χ0n) is 9.67. The lowest BCUT2D eigenvalue weighted by Crippen LogP contribution is -2.45. The van der Waals surface area contributed by atoms with E-state index in [9.17, 15) is 0 Å². The summed E-state index contributed by atoms with van der Waals surface area (Å²) in [5.41, 5.74) is 1.95. The molecule has 1 aromatic carbocycles. The van der Waals surface area contributed by atoms with Gasteiger partial charge in [0.25, 0.3) is 0 Å². The second-order valence-electron chi connectivity index (χ2n) is 4.66. The summed E-state index contributed by atoms with van der Waals surface area (Å²) in [6.07, 6.45) is 0. The lowest BCUT2D eigenvalue weighted by Gasteiger charge is -2.30. The molecular formula is C13H20Si. The summed E-state index contributed by atoms with van der Waals surface area (Å²) >= 11 is 0. The Morgan fingerprint density at radius 2 is 1.71 bits per heavy atom. The van der Waals surface area contributed by atoms with Crippen molar-refractivity contribution in [2.24, 2.45) is 0 Å². The van der Waals surface area contributed by atoms with Crippen molar-refractivity contribution in [1.82, 2.24) is 0 Å². The van der Waals surface area contributed by atoms with E-state index in [0.29, 0.717) is 5.54 Å². The molecule has 0 fully saturated rings. The average molecular weight is 204 g/mol. The minimum atomic E-state index is -1.35. The Kier molecular flexibility index (Phi) is 3.32. The fourth-order valence-electron chi connectivity index (χ4n) is 1.73. The van der Waals surface area contributed by atoms with Crippen molar-refractivity contribution in [2.45, 2.75) is 32.5 Å². The Hall–Kier alpha value is -0.823. The number of hydrogen-bond acceptors (Lipinski definition) is 0. The molecule has 0 saturated heterocycles. The molecule has 1 aromatic rings. The van der Waals surface area contributed by atoms with Gasteiger partial charge in [0.2, 0.25) is 0 Å². The first-order chi connectivity index (χ1) is 6.46. The van der Waals surface area contributed by atoms with Crippen molar-refractivity contribution < 1.29 is 0 Å². The van der Waals surface area contributed by atoms with Gasteiger partial charge in [-0.3, -0.25) is 0 Å². The number of hydrogen-bond donors (Lipinski definition) is 0. The molecule has 1 unspecified atom stereocenters. The number of allylic oxidation sites excluding steroid dienone is 1. The van der Waals surface area contributed by atoms with Crippen LogP contribution in [0, 0.1) is 0 Å². The molecular weight excluding hydrogens is 184 g/mol. The van der Waals surface area contributed by atoms with E-state index in [1.54, 1.807) is 0 Å². The van der Waals surface area contributed by atoms with Gasteiger partial charge in [-0.2, -0.15) is 0 Å². The van der Waals surface area contributed by atoms with Crippen LogP contribution in [-0.2, 0) is 0 Å². The van der Waals surface area contributed by atoms with Gasteiger partial charge in [-0.15, -0.1) is 6.58 Å². The minimum Gasteiger partial charge on any atom is -0.100 e. The van der Waals surface area contributed by atoms with Crippen LogP contribution in [0.25, 0.3) is 0 Å². The van der Waals surface area contributed by atoms with Gasteiger partial charge in [0.1, 0.15) is 0 Å². The summed E-state index contributed by atoms with van der Waals surface area (Å²) in [6.45, 7) is 13.4. The molecule has 0 aliphatic heterocycles. The van der Waals surface area contributed by atoms with Crippen molar-refractivity contribution in [1.29, 1.82) is 0 Å². The summed E-state index contributed by atoms with van der Waals surface area (Å²) in [5, 5.41) is 1.52. The molecule has 1 rings (SSSR count). The highest BCUT2D eigenvalue weighted by Gasteiger charge is 2.30. The van der Waals surface area contributed by atoms with Crippen LogP contribution in [0.15, 0.2) is 42.5 Å². The van der Waals surface area contributed by atoms with Crippen LogP contribution in [0.3, 0.4) is 0 Å². The summed E-state index contributed by atoms with van der Waals surface area (Å²) in [7, 11) is -1.35. The molecule has 0 aliphatic rings. The second-order valence-corrected chi connectivity index (χ2v) is 9.54. The van der Waals surface area contributed by atoms with Crippen molar-refractivity contribution in [3.05, 3.63) is 42.5 Å². The highest BCUT2D eigenvalue weighted by Crippen LogP contribution is 2.27. The molecule has 1 atom stereocenters. The SMILES string of the molecule is C=C(C)C(C)[Si](C)(C)c1ccccc1. The first-order valence-corrected chi connectivity index (χ1v) is 8.25. The van der Waals surface area contributed by atoms with Gasteiger partial charge in [0.15, 0.2) is 0 Å². The van der Waals surface area contributed by atoms with E-state index in [-0.39, 0.29) is 0 Å². The zero-order chi connectivity index (χ0) is 10.8. The summed E-state index contributed by atoms with van der Waals surface area (Å²) in [6, 6.07) is 10.9. The third-order valence-electron chi connectivity index (χ3n) is 3.34. The molecule has 0 amide bonds. The summed E-state index contributed by atoms with van der Waals surface area (Å²) in [5.74, 6) is 0. The van der Waals surface area contributed by atoms with Crippen LogP contribution in [0.1, 0.15) is 13.8 Å². The maximum absolute atomic E-state index is 4.08. The van der Waals surface area contributed by atoms with Crippen LogP contribution >= 0.6 is 0 Å². The first-order valence-electron chi connectivity index (χ1n) is 5.17. The van der Waals surface area contributed by atoms with Gasteiger partial charge in [-0.05, 0) is 12.5 Å². The monoisotopic (exact) mass is 204 g/mol. The van der Waals surface area contributed by atoms with Crippen LogP contribution in [-0.4, -0.2) is 8.07 Å². The van der Waals surface area contributed by atoms with Gasteiger partial charge < -0.3 is 0 Å². The van der Waals surface area contributed by atoms with Gasteiger partial charge in [0, 0.05) is 0 Å². The highest BCUT2D eigenvalue weighted by atomic mass is 28.3. The highest BCUT2D eigenvalue weighted by molar-refractivity contribution is 6.91. The quantitative estimate of drug-likeness (QED) is 0.521. The Bertz CT molecular complexity index is 311. The van der Waals surface area contributed by atoms with Gasteiger partial charge >= 0.3 is 0 Å². The molecule has 0 aliphatic carbocycles. The van der Waals surface area contributed by atoms with Gasteiger partial charge in [0.05, 0.1) is 8.07 Å². The van der Waals surface area contributed by atoms with E-state index >= 15 is 0 Å². The lowest BCUT2D eigenvalue weighted by molar-refractivity contribution is 1.05. The molecule has 0 N–H and O–H groups in total. The Morgan fingerprint density at radius 1 is 1.21 bits per heavy atom. The van der Waals surface area contributed by atoms with Gasteiger partial charge in [-0.25, -0.2) is 0 Å². The van der Waals surface area contributed by atoms with Crippen molar-refractivity contribution >= 4 is 13.3 Å². The smallest absolute Gasteiger partial charge is 0.0873 e. The fourth-order valence-corrected chi connectivity index (χ4v) is 4.52. The maximum Gasteiger partial charge on any atom is 0.0873 e. The van der Waals surface area contributed by atoms with E-state index < -0.39 is 8.07 Å². The van der Waals surface area contributed by atoms with Crippen molar-refractivity contribution in [3.8, 4) is 0 Å². The van der Waals surface area contributed by atoms with E-state index in [2.05, 4.69) is 63.9 Å². The molecule has 76 valence electrons. The molecule has 0 bridgehead atoms. The molecule has 0 spiro atoms.